The second-order valence-electron chi connectivity index (χ2n) is 4.76. The molecule has 0 fully saturated rings. The van der Waals surface area contributed by atoms with Crippen molar-refractivity contribution >= 4 is 23.5 Å². The van der Waals surface area contributed by atoms with Gasteiger partial charge in [-0.1, -0.05) is 13.8 Å². The zero-order valence-corrected chi connectivity index (χ0v) is 14.1. The van der Waals surface area contributed by atoms with E-state index in [1.165, 1.54) is 0 Å². The number of anilines is 2. The highest BCUT2D eigenvalue weighted by Crippen LogP contribution is 2.20. The predicted molar refractivity (Wildman–Crippen MR) is 87.2 cm³/mol. The van der Waals surface area contributed by atoms with Crippen molar-refractivity contribution in [1.82, 2.24) is 15.0 Å². The summed E-state index contributed by atoms with van der Waals surface area (Å²) < 4.78 is 0. The van der Waals surface area contributed by atoms with Gasteiger partial charge < -0.3 is 14.9 Å². The van der Waals surface area contributed by atoms with Crippen molar-refractivity contribution in [1.29, 1.82) is 0 Å². The SMILES string of the molecule is CCC(CC)N(CCO)c1nc(Cl)nc(N(CC)CC)n1. The summed E-state index contributed by atoms with van der Waals surface area (Å²) in [5.74, 6) is 1.13. The first-order chi connectivity index (χ1) is 10.1. The standard InChI is InChI=1S/C14H26ClN5O/c1-5-11(6-2)20(9-10-21)14-17-12(15)16-13(18-14)19(7-3)8-4/h11,21H,5-10H2,1-4H3. The normalized spacial score (nSPS) is 11.0. The fourth-order valence-electron chi connectivity index (χ4n) is 2.39. The van der Waals surface area contributed by atoms with Crippen LogP contribution >= 0.6 is 11.6 Å². The zero-order valence-electron chi connectivity index (χ0n) is 13.4. The van der Waals surface area contributed by atoms with Crippen LogP contribution in [0.25, 0.3) is 0 Å². The minimum atomic E-state index is 0.0560. The van der Waals surface area contributed by atoms with Gasteiger partial charge in [0.1, 0.15) is 0 Å². The largest absolute Gasteiger partial charge is 0.395 e. The summed E-state index contributed by atoms with van der Waals surface area (Å²) in [6.45, 7) is 10.5. The van der Waals surface area contributed by atoms with Gasteiger partial charge in [0.15, 0.2) is 0 Å². The van der Waals surface area contributed by atoms with Crippen LogP contribution in [0.4, 0.5) is 11.9 Å². The summed E-state index contributed by atoms with van der Waals surface area (Å²) in [5, 5.41) is 9.51. The maximum absolute atomic E-state index is 9.32. The first kappa shape index (κ1) is 17.9. The lowest BCUT2D eigenvalue weighted by Crippen LogP contribution is -2.38. The molecule has 7 heteroatoms. The van der Waals surface area contributed by atoms with E-state index in [0.717, 1.165) is 25.9 Å². The Morgan fingerprint density at radius 2 is 1.57 bits per heavy atom. The van der Waals surface area contributed by atoms with Gasteiger partial charge in [-0.3, -0.25) is 0 Å². The van der Waals surface area contributed by atoms with E-state index < -0.39 is 0 Å². The van der Waals surface area contributed by atoms with Crippen LogP contribution < -0.4 is 9.80 Å². The second kappa shape index (κ2) is 9.00. The Labute approximate surface area is 132 Å². The van der Waals surface area contributed by atoms with Crippen LogP contribution in [0.5, 0.6) is 0 Å². The van der Waals surface area contributed by atoms with Crippen molar-refractivity contribution in [2.45, 2.75) is 46.6 Å². The molecular formula is C14H26ClN5O. The van der Waals surface area contributed by atoms with E-state index in [0.29, 0.717) is 18.4 Å². The van der Waals surface area contributed by atoms with Crippen LogP contribution in [0.3, 0.4) is 0 Å². The molecule has 1 aromatic heterocycles. The molecule has 1 heterocycles. The second-order valence-corrected chi connectivity index (χ2v) is 5.10. The molecule has 120 valence electrons. The van der Waals surface area contributed by atoms with E-state index in [4.69, 9.17) is 11.6 Å². The van der Waals surface area contributed by atoms with Gasteiger partial charge in [-0.15, -0.1) is 0 Å². The average Bonchev–Trinajstić information content (AvgIpc) is 2.48. The summed E-state index contributed by atoms with van der Waals surface area (Å²) in [4.78, 5) is 17.0. The van der Waals surface area contributed by atoms with E-state index in [1.54, 1.807) is 0 Å². The number of halogens is 1. The summed E-state index contributed by atoms with van der Waals surface area (Å²) in [6, 6.07) is 0.278. The fourth-order valence-corrected chi connectivity index (χ4v) is 2.54. The van der Waals surface area contributed by atoms with Crippen molar-refractivity contribution < 1.29 is 5.11 Å². The molecule has 0 radical (unpaired) electrons. The molecule has 0 saturated heterocycles. The fraction of sp³-hybridized carbons (Fsp3) is 0.786. The van der Waals surface area contributed by atoms with Gasteiger partial charge in [0, 0.05) is 25.7 Å². The summed E-state index contributed by atoms with van der Waals surface area (Å²) >= 11 is 6.07. The topological polar surface area (TPSA) is 65.4 Å². The lowest BCUT2D eigenvalue weighted by molar-refractivity contribution is 0.295. The minimum Gasteiger partial charge on any atom is -0.395 e. The lowest BCUT2D eigenvalue weighted by Gasteiger charge is -2.30. The molecule has 0 aromatic carbocycles. The maximum Gasteiger partial charge on any atom is 0.231 e. The number of hydrogen-bond donors (Lipinski definition) is 1. The van der Waals surface area contributed by atoms with Crippen LogP contribution in [-0.4, -0.2) is 52.3 Å². The smallest absolute Gasteiger partial charge is 0.231 e. The Bertz CT molecular complexity index is 424. The quantitative estimate of drug-likeness (QED) is 0.754. The van der Waals surface area contributed by atoms with Crippen molar-refractivity contribution in [2.24, 2.45) is 0 Å². The Kier molecular flexibility index (Phi) is 7.67. The minimum absolute atomic E-state index is 0.0560. The first-order valence-electron chi connectivity index (χ1n) is 7.65. The zero-order chi connectivity index (χ0) is 15.8. The van der Waals surface area contributed by atoms with Crippen molar-refractivity contribution in [3.05, 3.63) is 5.28 Å². The number of rotatable bonds is 9. The third-order valence-corrected chi connectivity index (χ3v) is 3.78. The van der Waals surface area contributed by atoms with Crippen LogP contribution in [0, 0.1) is 0 Å². The van der Waals surface area contributed by atoms with E-state index in [-0.39, 0.29) is 17.9 Å². The molecule has 0 atom stereocenters. The van der Waals surface area contributed by atoms with Gasteiger partial charge >= 0.3 is 0 Å². The van der Waals surface area contributed by atoms with Crippen molar-refractivity contribution in [3.8, 4) is 0 Å². The van der Waals surface area contributed by atoms with Crippen LogP contribution in [0.2, 0.25) is 5.28 Å². The van der Waals surface area contributed by atoms with Crippen LogP contribution in [0.15, 0.2) is 0 Å². The van der Waals surface area contributed by atoms with Gasteiger partial charge in [0.05, 0.1) is 6.61 Å². The molecule has 0 aliphatic rings. The highest BCUT2D eigenvalue weighted by atomic mass is 35.5. The van der Waals surface area contributed by atoms with E-state index in [1.807, 2.05) is 23.6 Å². The van der Waals surface area contributed by atoms with Gasteiger partial charge in [-0.05, 0) is 38.3 Å². The predicted octanol–water partition coefficient (Wildman–Crippen LogP) is 2.36. The van der Waals surface area contributed by atoms with Crippen molar-refractivity contribution in [2.75, 3.05) is 36.0 Å². The lowest BCUT2D eigenvalue weighted by atomic mass is 10.1. The maximum atomic E-state index is 9.32. The first-order valence-corrected chi connectivity index (χ1v) is 8.02. The third-order valence-electron chi connectivity index (χ3n) is 3.61. The summed E-state index contributed by atoms with van der Waals surface area (Å²) in [7, 11) is 0. The van der Waals surface area contributed by atoms with Gasteiger partial charge in [-0.2, -0.15) is 15.0 Å². The highest BCUT2D eigenvalue weighted by Gasteiger charge is 2.20. The molecule has 1 rings (SSSR count). The molecule has 1 N–H and O–H groups in total. The molecule has 0 unspecified atom stereocenters. The highest BCUT2D eigenvalue weighted by molar-refractivity contribution is 6.28. The molecule has 0 saturated carbocycles. The van der Waals surface area contributed by atoms with Crippen LogP contribution in [-0.2, 0) is 0 Å². The molecule has 6 nitrogen and oxygen atoms in total. The van der Waals surface area contributed by atoms with E-state index in [9.17, 15) is 5.11 Å². The average molecular weight is 316 g/mol. The molecule has 1 aromatic rings. The van der Waals surface area contributed by atoms with Gasteiger partial charge in [0.2, 0.25) is 17.2 Å². The Balaban J connectivity index is 3.18. The molecule has 0 aliphatic carbocycles. The van der Waals surface area contributed by atoms with Crippen molar-refractivity contribution in [3.63, 3.8) is 0 Å². The number of aromatic nitrogens is 3. The van der Waals surface area contributed by atoms with E-state index in [2.05, 4.69) is 28.8 Å². The number of aliphatic hydroxyl groups is 1. The summed E-state index contributed by atoms with van der Waals surface area (Å²) in [6.07, 6.45) is 1.92. The number of aliphatic hydroxyl groups excluding tert-OH is 1. The Hall–Kier alpha value is -1.14. The Morgan fingerprint density at radius 3 is 2.05 bits per heavy atom. The number of nitrogens with zero attached hydrogens (tertiary/aromatic N) is 5. The van der Waals surface area contributed by atoms with Crippen LogP contribution in [0.1, 0.15) is 40.5 Å². The summed E-state index contributed by atoms with van der Waals surface area (Å²) in [5.41, 5.74) is 0. The molecule has 21 heavy (non-hydrogen) atoms. The Morgan fingerprint density at radius 1 is 1.00 bits per heavy atom. The van der Waals surface area contributed by atoms with Gasteiger partial charge in [-0.25, -0.2) is 0 Å². The van der Waals surface area contributed by atoms with E-state index >= 15 is 0 Å². The molecule has 0 spiro atoms. The monoisotopic (exact) mass is 315 g/mol. The molecule has 0 bridgehead atoms. The number of hydrogen-bond acceptors (Lipinski definition) is 6. The van der Waals surface area contributed by atoms with Gasteiger partial charge in [0.25, 0.3) is 0 Å². The molecule has 0 aliphatic heterocycles. The molecular weight excluding hydrogens is 290 g/mol. The molecule has 0 amide bonds. The third kappa shape index (κ3) is 4.68.